The molecule has 0 bridgehead atoms. The Kier molecular flexibility index (Phi) is 40.2. The minimum absolute atomic E-state index is 0.0588. The fourth-order valence-electron chi connectivity index (χ4n) is 6.37. The van der Waals surface area contributed by atoms with Crippen molar-refractivity contribution in [3.63, 3.8) is 0 Å². The van der Waals surface area contributed by atoms with Gasteiger partial charge < -0.3 is 35.5 Å². The molecule has 0 fully saturated rings. The molecule has 5 aromatic heterocycles. The van der Waals surface area contributed by atoms with Gasteiger partial charge in [0.15, 0.2) is 10.7 Å². The summed E-state index contributed by atoms with van der Waals surface area (Å²) in [5, 5.41) is 41.7. The molecule has 0 aliphatic heterocycles. The number of allylic oxidation sites excluding steroid dienone is 6. The second-order valence-corrected chi connectivity index (χ2v) is 17.8. The number of anilines is 2. The largest absolute Gasteiger partial charge is 0.497 e. The van der Waals surface area contributed by atoms with E-state index in [1.165, 1.54) is 18.7 Å². The number of carbonyl (C=O) groups is 5. The highest BCUT2D eigenvalue weighted by molar-refractivity contribution is 6.34. The van der Waals surface area contributed by atoms with Gasteiger partial charge in [-0.2, -0.15) is 30.8 Å². The van der Waals surface area contributed by atoms with E-state index in [4.69, 9.17) is 93.8 Å². The number of ether oxygens (including phenoxy) is 4. The number of nitrogens with two attached hydrogens (primary N) is 3. The van der Waals surface area contributed by atoms with E-state index in [2.05, 4.69) is 85.2 Å². The minimum Gasteiger partial charge on any atom is -0.497 e. The number of nitriles is 1. The normalized spacial score (nSPS) is 9.95. The van der Waals surface area contributed by atoms with Crippen LogP contribution in [0.4, 0.5) is 11.5 Å². The van der Waals surface area contributed by atoms with E-state index in [1.54, 1.807) is 110 Å². The van der Waals surface area contributed by atoms with Crippen LogP contribution in [0.1, 0.15) is 105 Å². The Labute approximate surface area is 525 Å². The van der Waals surface area contributed by atoms with Crippen molar-refractivity contribution in [3.05, 3.63) is 169 Å². The summed E-state index contributed by atoms with van der Waals surface area (Å²) >= 11 is 23.5. The van der Waals surface area contributed by atoms with E-state index >= 15 is 0 Å². The van der Waals surface area contributed by atoms with Crippen LogP contribution in [-0.2, 0) is 56.5 Å². The summed E-state index contributed by atoms with van der Waals surface area (Å²) in [6.45, 7) is 42.6. The van der Waals surface area contributed by atoms with Crippen LogP contribution in [0, 0.1) is 45.9 Å². The van der Waals surface area contributed by atoms with Gasteiger partial charge in [-0.15, -0.1) is 39.5 Å². The molecule has 474 valence electrons. The van der Waals surface area contributed by atoms with Crippen molar-refractivity contribution < 1.29 is 48.0 Å². The van der Waals surface area contributed by atoms with Gasteiger partial charge in [0.2, 0.25) is 0 Å². The lowest BCUT2D eigenvalue weighted by Gasteiger charge is -2.05. The number of carboxylic acid groups (broad SMARTS) is 1. The van der Waals surface area contributed by atoms with Crippen LogP contribution in [0.3, 0.4) is 0 Å². The molecule has 5 aromatic rings. The van der Waals surface area contributed by atoms with Crippen molar-refractivity contribution in [2.75, 3.05) is 44.4 Å². The highest BCUT2D eigenvalue weighted by atomic mass is 35.5. The van der Waals surface area contributed by atoms with Gasteiger partial charge in [0.25, 0.3) is 5.91 Å². The molecule has 5 heterocycles. The number of halogens is 4. The van der Waals surface area contributed by atoms with E-state index in [0.717, 1.165) is 5.69 Å². The van der Waals surface area contributed by atoms with Gasteiger partial charge in [-0.1, -0.05) is 82.9 Å². The number of aromatic nitrogens is 10. The summed E-state index contributed by atoms with van der Waals surface area (Å²) in [5.74, 6) is 2.18. The van der Waals surface area contributed by atoms with Gasteiger partial charge in [-0.05, 0) is 79.9 Å². The molecule has 8 N–H and O–H groups in total. The molecule has 5 rings (SSSR count). The number of nitrogens with zero attached hydrogens (tertiary/aromatic N) is 14. The molecule has 0 saturated carbocycles. The smallest absolute Gasteiger partial charge is 0.352 e. The summed E-state index contributed by atoms with van der Waals surface area (Å²) in [5.41, 5.74) is 26.0. The number of hydrazine groups is 1. The predicted molar refractivity (Wildman–Crippen MR) is 336 cm³/mol. The molecule has 0 atom stereocenters. The first-order valence-corrected chi connectivity index (χ1v) is 27.3. The number of carboxylic acids is 1. The summed E-state index contributed by atoms with van der Waals surface area (Å²) in [6.07, 6.45) is 9.94. The Bertz CT molecular complexity index is 3210. The number of carbonyl (C=O) groups excluding carboxylic acids is 4. The molecule has 32 heteroatoms. The van der Waals surface area contributed by atoms with Crippen LogP contribution >= 0.6 is 46.4 Å². The third kappa shape index (κ3) is 26.1. The third-order valence-corrected chi connectivity index (χ3v) is 11.6. The highest BCUT2D eigenvalue weighted by Gasteiger charge is 2.23. The highest BCUT2D eigenvalue weighted by Crippen LogP contribution is 2.24. The van der Waals surface area contributed by atoms with E-state index in [0.29, 0.717) is 121 Å². The molecule has 0 spiro atoms. The van der Waals surface area contributed by atoms with Gasteiger partial charge in [-0.25, -0.2) is 42.6 Å². The van der Waals surface area contributed by atoms with Crippen molar-refractivity contribution in [2.45, 2.75) is 102 Å². The Balaban J connectivity index is 0. The van der Waals surface area contributed by atoms with Crippen molar-refractivity contribution in [1.82, 2.24) is 54.3 Å². The molecule has 0 aliphatic rings. The van der Waals surface area contributed by atoms with E-state index in [-0.39, 0.29) is 33.6 Å². The summed E-state index contributed by atoms with van der Waals surface area (Å²) < 4.78 is 26.9. The van der Waals surface area contributed by atoms with Gasteiger partial charge >= 0.3 is 23.9 Å². The second-order valence-electron chi connectivity index (χ2n) is 16.4. The second kappa shape index (κ2) is 43.6. The number of rotatable bonds is 22. The number of hydrogen-bond acceptors (Lipinski definition) is 19. The fraction of sp³-hybridized carbons (Fsp3) is 0.364. The van der Waals surface area contributed by atoms with Crippen molar-refractivity contribution in [1.29, 1.82) is 5.26 Å². The molecule has 0 unspecified atom stereocenters. The van der Waals surface area contributed by atoms with Crippen LogP contribution < -0.4 is 22.7 Å². The lowest BCUT2D eigenvalue weighted by molar-refractivity contribution is -0.138. The lowest BCUT2D eigenvalue weighted by Crippen LogP contribution is -2.20. The molecule has 28 nitrogen and oxygen atoms in total. The van der Waals surface area contributed by atoms with Crippen LogP contribution in [0.2, 0.25) is 20.6 Å². The number of amides is 1. The number of aromatic carboxylic acids is 1. The van der Waals surface area contributed by atoms with Gasteiger partial charge in [-0.3, -0.25) is 16.1 Å². The Morgan fingerprint density at radius 2 is 0.954 bits per heavy atom. The third-order valence-electron chi connectivity index (χ3n) is 10.1. The number of hydrogen-bond donors (Lipinski definition) is 5. The topological polar surface area (TPSA) is 394 Å². The van der Waals surface area contributed by atoms with Crippen molar-refractivity contribution in [3.8, 4) is 6.07 Å². The first kappa shape index (κ1) is 80.1. The fourth-order valence-corrected chi connectivity index (χ4v) is 7.58. The molecule has 87 heavy (non-hydrogen) atoms. The first-order chi connectivity index (χ1) is 41.2. The van der Waals surface area contributed by atoms with Crippen molar-refractivity contribution >= 4 is 87.7 Å². The standard InChI is InChI=1S/C10H13ClN2O2.C10H15N3O2.C9H13NO3.C8H8ClN5O.C8H9ClN2O2.C7H10ClN3.C3H8N2/c2*1-4-6-13-9(11)8(7(3)12-13)10(14)15-5-2;1-4-12-7(3)8(6-10)9(11)13-5-2;1-3-4-14-7(9)6(5(2)12-14)8(15)11-13-10;1-3-4-11-7(9)6(8(12)13)5(2)10-11;1-3-4-11-7(8)6(9)5(2)10-11;1-2-3-5-4/h4H,1,5-6H2,2-3H3;4H,1,5-6,11H2,2-3H3;4-5H2,1-3H3;3H,1,4H2,2H3;3H,1,4H2,2H3,(H,12,13);3H,1,4,9H2,2H3;2,5H,1,3-4H2. The average Bonchev–Trinajstić information content (AvgIpc) is 3.67. The molecule has 0 saturated heterocycles. The quantitative estimate of drug-likeness (QED) is 0.00367. The monoisotopic (exact) mass is 1290 g/mol. The maximum absolute atomic E-state index is 11.5. The van der Waals surface area contributed by atoms with E-state index in [9.17, 15) is 24.0 Å². The van der Waals surface area contributed by atoms with Crippen LogP contribution in [0.5, 0.6) is 0 Å². The summed E-state index contributed by atoms with van der Waals surface area (Å²) in [6, 6.07) is 1.75. The van der Waals surface area contributed by atoms with Crippen LogP contribution in [0.25, 0.3) is 10.4 Å². The maximum atomic E-state index is 11.5. The van der Waals surface area contributed by atoms with E-state index in [1.807, 2.05) is 6.92 Å². The van der Waals surface area contributed by atoms with Crippen LogP contribution in [-0.4, -0.2) is 117 Å². The molecular weight excluding hydrogens is 1210 g/mol. The SMILES string of the molecule is C=CCNN.C=CCn1nc(C)c(C(=O)N=[N+]=[N-])c1Cl.C=CCn1nc(C)c(C(=O)O)c1Cl.C=CCn1nc(C)c(C(=O)OCC)c1Cl.C=CCn1nc(C)c(C(=O)OCC)c1N.C=CCn1nc(C)c(N)c1Cl.CCOC(=O)C(C#N)=C(C)OCC. The van der Waals surface area contributed by atoms with Gasteiger partial charge in [0.1, 0.15) is 49.8 Å². The Hall–Kier alpha value is -8.94. The molecule has 1 amide bonds. The maximum Gasteiger partial charge on any atom is 0.352 e. The zero-order valence-electron chi connectivity index (χ0n) is 50.4. The molecule has 0 aromatic carbocycles. The predicted octanol–water partition coefficient (Wildman–Crippen LogP) is 10.2. The first-order valence-electron chi connectivity index (χ1n) is 25.8. The summed E-state index contributed by atoms with van der Waals surface area (Å²) in [7, 11) is 0. The Morgan fingerprint density at radius 1 is 0.598 bits per heavy atom. The van der Waals surface area contributed by atoms with E-state index < -0.39 is 29.8 Å². The number of aryl methyl sites for hydroxylation is 5. The zero-order valence-corrected chi connectivity index (χ0v) is 53.4. The number of azide groups is 1. The number of nitrogens with one attached hydrogen (secondary N) is 1. The van der Waals surface area contributed by atoms with Crippen molar-refractivity contribution in [2.24, 2.45) is 11.0 Å². The Morgan fingerprint density at radius 3 is 1.30 bits per heavy atom. The summed E-state index contributed by atoms with van der Waals surface area (Å²) in [4.78, 5) is 58.6. The average molecular weight is 1290 g/mol. The number of nitrogen functional groups attached to an aromatic ring is 2. The number of esters is 3. The molecule has 0 radical (unpaired) electrons. The minimum atomic E-state index is -1.06. The van der Waals surface area contributed by atoms with Gasteiger partial charge in [0.05, 0.1) is 98.9 Å². The van der Waals surface area contributed by atoms with Crippen LogP contribution in [0.15, 0.2) is 92.4 Å². The molecule has 0 aliphatic carbocycles. The zero-order chi connectivity index (χ0) is 67.1. The molecular formula is C55H76Cl4N18O10. The lowest BCUT2D eigenvalue weighted by atomic mass is 10.2. The van der Waals surface area contributed by atoms with Gasteiger partial charge in [0, 0.05) is 11.5 Å².